The first-order chi connectivity index (χ1) is 14.0. The molecule has 1 N–H and O–H groups in total. The van der Waals surface area contributed by atoms with E-state index in [4.69, 9.17) is 4.74 Å². The number of hydrogen-bond acceptors (Lipinski definition) is 4. The van der Waals surface area contributed by atoms with Gasteiger partial charge in [0.25, 0.3) is 5.91 Å². The number of carbonyl (C=O) groups is 2. The normalized spacial score (nSPS) is 15.2. The number of alkyl halides is 2. The van der Waals surface area contributed by atoms with Crippen molar-refractivity contribution in [3.63, 3.8) is 0 Å². The fraction of sp³-hybridized carbons (Fsp3) is 0.333. The van der Waals surface area contributed by atoms with Gasteiger partial charge in [-0.05, 0) is 30.5 Å². The third-order valence-corrected chi connectivity index (χ3v) is 4.68. The largest absolute Gasteiger partial charge is 0.493 e. The molecule has 1 heterocycles. The quantitative estimate of drug-likeness (QED) is 0.758. The number of carbonyl (C=O) groups excluding carboxylic acids is 2. The number of amides is 2. The minimum Gasteiger partial charge on any atom is -0.493 e. The summed E-state index contributed by atoms with van der Waals surface area (Å²) in [4.78, 5) is 27.1. The van der Waals surface area contributed by atoms with Crippen molar-refractivity contribution < 1.29 is 27.8 Å². The maximum Gasteiger partial charge on any atom is 0.387 e. The highest BCUT2D eigenvalue weighted by molar-refractivity contribution is 5.98. The molecule has 3 rings (SSSR count). The zero-order valence-electron chi connectivity index (χ0n) is 15.9. The maximum absolute atomic E-state index is 13.1. The van der Waals surface area contributed by atoms with Gasteiger partial charge < -0.3 is 19.7 Å². The number of methoxy groups -OCH3 is 1. The summed E-state index contributed by atoms with van der Waals surface area (Å²) in [5, 5.41) is 2.71. The second kappa shape index (κ2) is 9.36. The van der Waals surface area contributed by atoms with Crippen molar-refractivity contribution in [2.24, 2.45) is 0 Å². The van der Waals surface area contributed by atoms with Gasteiger partial charge in [-0.1, -0.05) is 30.3 Å². The van der Waals surface area contributed by atoms with Gasteiger partial charge in [0.2, 0.25) is 5.91 Å². The summed E-state index contributed by atoms with van der Waals surface area (Å²) in [6.45, 7) is -2.55. The lowest BCUT2D eigenvalue weighted by Crippen LogP contribution is -2.43. The van der Waals surface area contributed by atoms with E-state index in [1.807, 2.05) is 6.07 Å². The summed E-state index contributed by atoms with van der Waals surface area (Å²) in [6, 6.07) is 12.4. The third-order valence-electron chi connectivity index (χ3n) is 4.68. The molecule has 1 aliphatic heterocycles. The van der Waals surface area contributed by atoms with E-state index in [0.717, 1.165) is 12.8 Å². The van der Waals surface area contributed by atoms with Crippen LogP contribution >= 0.6 is 0 Å². The standard InChI is InChI=1S/C21H22F2N2O4/c1-28-16-11-10-15(13-17(16)29-21(22)23)24-20(27)19(14-7-3-2-4-8-14)25-12-6-5-9-18(25)26/h2-4,7-8,10-11,13,19,21H,5-6,9,12H2,1H3,(H,24,27). The van der Waals surface area contributed by atoms with E-state index < -0.39 is 18.6 Å². The molecule has 1 saturated heterocycles. The zero-order chi connectivity index (χ0) is 20.8. The number of ether oxygens (including phenoxy) is 2. The van der Waals surface area contributed by atoms with Gasteiger partial charge in [0, 0.05) is 24.7 Å². The minimum atomic E-state index is -3.03. The molecule has 0 aliphatic carbocycles. The molecular formula is C21H22F2N2O4. The van der Waals surface area contributed by atoms with Crippen LogP contribution in [0.5, 0.6) is 11.5 Å². The third kappa shape index (κ3) is 5.01. The van der Waals surface area contributed by atoms with E-state index in [-0.39, 0.29) is 23.1 Å². The molecule has 1 unspecified atom stereocenters. The highest BCUT2D eigenvalue weighted by atomic mass is 19.3. The minimum absolute atomic E-state index is 0.0864. The molecule has 0 aromatic heterocycles. The van der Waals surface area contributed by atoms with Crippen LogP contribution in [-0.2, 0) is 9.59 Å². The lowest BCUT2D eigenvalue weighted by Gasteiger charge is -2.34. The number of nitrogens with zero attached hydrogens (tertiary/aromatic N) is 1. The van der Waals surface area contributed by atoms with Crippen molar-refractivity contribution in [1.82, 2.24) is 4.90 Å². The predicted octanol–water partition coefficient (Wildman–Crippen LogP) is 3.99. The average molecular weight is 404 g/mol. The topological polar surface area (TPSA) is 67.9 Å². The van der Waals surface area contributed by atoms with Gasteiger partial charge in [0.15, 0.2) is 11.5 Å². The Morgan fingerprint density at radius 2 is 1.86 bits per heavy atom. The molecule has 0 spiro atoms. The summed E-state index contributed by atoms with van der Waals surface area (Å²) >= 11 is 0. The Hall–Kier alpha value is -3.16. The van der Waals surface area contributed by atoms with Crippen molar-refractivity contribution in [3.05, 3.63) is 54.1 Å². The Morgan fingerprint density at radius 3 is 2.52 bits per heavy atom. The van der Waals surface area contributed by atoms with E-state index in [9.17, 15) is 18.4 Å². The van der Waals surface area contributed by atoms with Crippen molar-refractivity contribution in [1.29, 1.82) is 0 Å². The van der Waals surface area contributed by atoms with Crippen LogP contribution in [0.3, 0.4) is 0 Å². The summed E-state index contributed by atoms with van der Waals surface area (Å²) in [5.74, 6) is -0.587. The summed E-state index contributed by atoms with van der Waals surface area (Å²) in [7, 11) is 1.33. The monoisotopic (exact) mass is 404 g/mol. The summed E-state index contributed by atoms with van der Waals surface area (Å²) < 4.78 is 34.8. The van der Waals surface area contributed by atoms with Gasteiger partial charge in [-0.15, -0.1) is 0 Å². The first kappa shape index (κ1) is 20.6. The Labute approximate surface area is 167 Å². The van der Waals surface area contributed by atoms with Crippen LogP contribution in [0.2, 0.25) is 0 Å². The van der Waals surface area contributed by atoms with E-state index in [1.165, 1.54) is 25.3 Å². The number of rotatable bonds is 7. The fourth-order valence-corrected chi connectivity index (χ4v) is 3.36. The predicted molar refractivity (Wildman–Crippen MR) is 103 cm³/mol. The molecule has 2 aromatic rings. The number of likely N-dealkylation sites (tertiary alicyclic amines) is 1. The van der Waals surface area contributed by atoms with Crippen LogP contribution in [0.4, 0.5) is 14.5 Å². The maximum atomic E-state index is 13.1. The highest BCUT2D eigenvalue weighted by Crippen LogP contribution is 2.33. The summed E-state index contributed by atoms with van der Waals surface area (Å²) in [6.07, 6.45) is 2.01. The number of piperidine rings is 1. The van der Waals surface area contributed by atoms with Gasteiger partial charge in [-0.2, -0.15) is 8.78 Å². The van der Waals surface area contributed by atoms with Crippen molar-refractivity contribution in [2.45, 2.75) is 31.9 Å². The number of halogens is 2. The number of benzene rings is 2. The van der Waals surface area contributed by atoms with Crippen molar-refractivity contribution in [2.75, 3.05) is 19.0 Å². The molecule has 6 nitrogen and oxygen atoms in total. The molecule has 8 heteroatoms. The van der Waals surface area contributed by atoms with Gasteiger partial charge in [-0.25, -0.2) is 0 Å². The molecule has 29 heavy (non-hydrogen) atoms. The molecule has 1 fully saturated rings. The van der Waals surface area contributed by atoms with Crippen LogP contribution < -0.4 is 14.8 Å². The number of hydrogen-bond donors (Lipinski definition) is 1. The van der Waals surface area contributed by atoms with E-state index in [1.54, 1.807) is 29.2 Å². The molecule has 0 saturated carbocycles. The smallest absolute Gasteiger partial charge is 0.387 e. The molecule has 2 aromatic carbocycles. The second-order valence-corrected chi connectivity index (χ2v) is 6.59. The van der Waals surface area contributed by atoms with Crippen LogP contribution in [0.1, 0.15) is 30.9 Å². The summed E-state index contributed by atoms with van der Waals surface area (Å²) in [5.41, 5.74) is 0.939. The molecule has 1 atom stereocenters. The van der Waals surface area contributed by atoms with Gasteiger partial charge >= 0.3 is 6.61 Å². The number of nitrogens with one attached hydrogen (secondary N) is 1. The molecule has 1 aliphatic rings. The average Bonchev–Trinajstić information content (AvgIpc) is 2.70. The van der Waals surface area contributed by atoms with Crippen LogP contribution in [-0.4, -0.2) is 37.0 Å². The van der Waals surface area contributed by atoms with Crippen LogP contribution in [0.25, 0.3) is 0 Å². The number of anilines is 1. The van der Waals surface area contributed by atoms with Gasteiger partial charge in [0.1, 0.15) is 6.04 Å². The highest BCUT2D eigenvalue weighted by Gasteiger charge is 2.32. The zero-order valence-corrected chi connectivity index (χ0v) is 15.9. The van der Waals surface area contributed by atoms with Crippen LogP contribution in [0.15, 0.2) is 48.5 Å². The lowest BCUT2D eigenvalue weighted by atomic mass is 10.0. The molecule has 2 amide bonds. The van der Waals surface area contributed by atoms with E-state index in [0.29, 0.717) is 18.5 Å². The fourth-order valence-electron chi connectivity index (χ4n) is 3.36. The molecule has 154 valence electrons. The Bertz CT molecular complexity index is 861. The lowest BCUT2D eigenvalue weighted by molar-refractivity contribution is -0.141. The molecule has 0 radical (unpaired) electrons. The SMILES string of the molecule is COc1ccc(NC(=O)C(c2ccccc2)N2CCCCC2=O)cc1OC(F)F. The van der Waals surface area contributed by atoms with Gasteiger partial charge in [-0.3, -0.25) is 9.59 Å². The van der Waals surface area contributed by atoms with E-state index >= 15 is 0 Å². The molecular weight excluding hydrogens is 382 g/mol. The Kier molecular flexibility index (Phi) is 6.64. The first-order valence-corrected chi connectivity index (χ1v) is 9.27. The second-order valence-electron chi connectivity index (χ2n) is 6.59. The Morgan fingerprint density at radius 1 is 1.10 bits per heavy atom. The first-order valence-electron chi connectivity index (χ1n) is 9.27. The van der Waals surface area contributed by atoms with Gasteiger partial charge in [0.05, 0.1) is 7.11 Å². The molecule has 0 bridgehead atoms. The van der Waals surface area contributed by atoms with E-state index in [2.05, 4.69) is 10.1 Å². The van der Waals surface area contributed by atoms with Crippen molar-refractivity contribution in [3.8, 4) is 11.5 Å². The van der Waals surface area contributed by atoms with Crippen molar-refractivity contribution >= 4 is 17.5 Å². The Balaban J connectivity index is 1.88. The van der Waals surface area contributed by atoms with Crippen LogP contribution in [0, 0.1) is 0 Å².